The van der Waals surface area contributed by atoms with Crippen LogP contribution in [0.3, 0.4) is 0 Å². The first-order valence-electron chi connectivity index (χ1n) is 7.50. The normalized spacial score (nSPS) is 28.9. The molecule has 0 spiro atoms. The lowest BCUT2D eigenvalue weighted by Crippen LogP contribution is -2.36. The largest absolute Gasteiger partial charge is 0.374 e. The van der Waals surface area contributed by atoms with Crippen molar-refractivity contribution < 1.29 is 4.74 Å². The molecule has 1 aliphatic carbocycles. The Balaban J connectivity index is 2.10. The topological polar surface area (TPSA) is 21.3 Å². The maximum atomic E-state index is 6.11. The van der Waals surface area contributed by atoms with Gasteiger partial charge in [0.1, 0.15) is 0 Å². The van der Waals surface area contributed by atoms with E-state index in [2.05, 4.69) is 33.0 Å². The summed E-state index contributed by atoms with van der Waals surface area (Å²) in [6.45, 7) is 10.0. The van der Waals surface area contributed by atoms with Gasteiger partial charge in [-0.15, -0.1) is 0 Å². The van der Waals surface area contributed by atoms with E-state index >= 15 is 0 Å². The second-order valence-electron chi connectivity index (χ2n) is 5.93. The quantitative estimate of drug-likeness (QED) is 0.733. The molecule has 1 rings (SSSR count). The van der Waals surface area contributed by atoms with Crippen LogP contribution < -0.4 is 5.32 Å². The van der Waals surface area contributed by atoms with E-state index < -0.39 is 0 Å². The molecular weight excluding hydrogens is 210 g/mol. The molecule has 1 fully saturated rings. The van der Waals surface area contributed by atoms with Crippen LogP contribution >= 0.6 is 0 Å². The van der Waals surface area contributed by atoms with Gasteiger partial charge in [0, 0.05) is 12.6 Å². The Morgan fingerprint density at radius 1 is 1.18 bits per heavy atom. The van der Waals surface area contributed by atoms with E-state index in [4.69, 9.17) is 4.74 Å². The van der Waals surface area contributed by atoms with Crippen molar-refractivity contribution in [2.75, 3.05) is 6.54 Å². The third kappa shape index (κ3) is 6.42. The molecule has 102 valence electrons. The van der Waals surface area contributed by atoms with Crippen molar-refractivity contribution in [3.63, 3.8) is 0 Å². The Kier molecular flexibility index (Phi) is 7.14. The fourth-order valence-corrected chi connectivity index (χ4v) is 2.64. The predicted octanol–water partition coefficient (Wildman–Crippen LogP) is 3.75. The molecule has 0 bridgehead atoms. The van der Waals surface area contributed by atoms with Crippen molar-refractivity contribution in [3.8, 4) is 0 Å². The third-order valence-corrected chi connectivity index (χ3v) is 3.86. The van der Waals surface area contributed by atoms with Gasteiger partial charge in [0.05, 0.1) is 12.2 Å². The van der Waals surface area contributed by atoms with Crippen molar-refractivity contribution in [1.29, 1.82) is 0 Å². The first kappa shape index (κ1) is 15.0. The van der Waals surface area contributed by atoms with Crippen LogP contribution in [0.2, 0.25) is 0 Å². The molecule has 0 aromatic heterocycles. The average Bonchev–Trinajstić information content (AvgIpc) is 2.30. The fourth-order valence-electron chi connectivity index (χ4n) is 2.64. The minimum absolute atomic E-state index is 0.354. The van der Waals surface area contributed by atoms with Gasteiger partial charge in [-0.05, 0) is 51.9 Å². The summed E-state index contributed by atoms with van der Waals surface area (Å²) in [7, 11) is 0. The summed E-state index contributed by atoms with van der Waals surface area (Å²) in [5.74, 6) is 0.910. The lowest BCUT2D eigenvalue weighted by molar-refractivity contribution is -0.0267. The van der Waals surface area contributed by atoms with Crippen LogP contribution in [0.4, 0.5) is 0 Å². The number of hydrogen-bond donors (Lipinski definition) is 1. The van der Waals surface area contributed by atoms with Crippen LogP contribution in [0, 0.1) is 5.92 Å². The number of ether oxygens (including phenoxy) is 1. The van der Waals surface area contributed by atoms with Gasteiger partial charge in [0.2, 0.25) is 0 Å². The highest BCUT2D eigenvalue weighted by molar-refractivity contribution is 4.72. The van der Waals surface area contributed by atoms with E-state index in [-0.39, 0.29) is 0 Å². The van der Waals surface area contributed by atoms with E-state index in [0.29, 0.717) is 18.2 Å². The van der Waals surface area contributed by atoms with Crippen molar-refractivity contribution in [2.24, 2.45) is 5.92 Å². The number of rotatable bonds is 7. The van der Waals surface area contributed by atoms with Gasteiger partial charge in [-0.25, -0.2) is 0 Å². The summed E-state index contributed by atoms with van der Waals surface area (Å²) in [6, 6.07) is 0.623. The zero-order chi connectivity index (χ0) is 12.7. The SMILES string of the molecule is CCCC(C)NCC(C)OC1CCC(C)CC1. The Hall–Kier alpha value is -0.0800. The molecule has 0 heterocycles. The maximum absolute atomic E-state index is 6.11. The summed E-state index contributed by atoms with van der Waals surface area (Å²) in [5, 5.41) is 3.56. The molecule has 2 atom stereocenters. The molecule has 0 aromatic rings. The molecule has 17 heavy (non-hydrogen) atoms. The molecule has 0 amide bonds. The van der Waals surface area contributed by atoms with E-state index in [0.717, 1.165) is 12.5 Å². The molecule has 1 N–H and O–H groups in total. The molecular formula is C15H31NO. The Bertz CT molecular complexity index is 187. The molecule has 2 heteroatoms. The second-order valence-corrected chi connectivity index (χ2v) is 5.93. The van der Waals surface area contributed by atoms with E-state index in [1.807, 2.05) is 0 Å². The van der Waals surface area contributed by atoms with Gasteiger partial charge in [-0.3, -0.25) is 0 Å². The Labute approximate surface area is 108 Å². The highest BCUT2D eigenvalue weighted by Gasteiger charge is 2.20. The smallest absolute Gasteiger partial charge is 0.0675 e. The molecule has 2 unspecified atom stereocenters. The van der Waals surface area contributed by atoms with Gasteiger partial charge in [0.25, 0.3) is 0 Å². The monoisotopic (exact) mass is 241 g/mol. The number of nitrogens with one attached hydrogen (secondary N) is 1. The van der Waals surface area contributed by atoms with Crippen LogP contribution in [-0.2, 0) is 4.74 Å². The predicted molar refractivity (Wildman–Crippen MR) is 74.3 cm³/mol. The summed E-state index contributed by atoms with van der Waals surface area (Å²) < 4.78 is 6.11. The van der Waals surface area contributed by atoms with Gasteiger partial charge < -0.3 is 10.1 Å². The molecule has 0 aliphatic heterocycles. The number of hydrogen-bond acceptors (Lipinski definition) is 2. The summed E-state index contributed by atoms with van der Waals surface area (Å²) in [6.07, 6.45) is 8.59. The van der Waals surface area contributed by atoms with Crippen molar-refractivity contribution in [1.82, 2.24) is 5.32 Å². The fraction of sp³-hybridized carbons (Fsp3) is 1.00. The summed E-state index contributed by atoms with van der Waals surface area (Å²) >= 11 is 0. The summed E-state index contributed by atoms with van der Waals surface area (Å²) in [4.78, 5) is 0. The molecule has 0 saturated heterocycles. The van der Waals surface area contributed by atoms with E-state index in [1.54, 1.807) is 0 Å². The summed E-state index contributed by atoms with van der Waals surface area (Å²) in [5.41, 5.74) is 0. The van der Waals surface area contributed by atoms with Crippen LogP contribution in [0.15, 0.2) is 0 Å². The molecule has 1 saturated carbocycles. The van der Waals surface area contributed by atoms with Gasteiger partial charge >= 0.3 is 0 Å². The van der Waals surface area contributed by atoms with Gasteiger partial charge in [-0.2, -0.15) is 0 Å². The average molecular weight is 241 g/mol. The van der Waals surface area contributed by atoms with Gasteiger partial charge in [0.15, 0.2) is 0 Å². The standard InChI is InChI=1S/C15H31NO/c1-5-6-13(3)16-11-14(4)17-15-9-7-12(2)8-10-15/h12-16H,5-11H2,1-4H3. The molecule has 0 radical (unpaired) electrons. The first-order chi connectivity index (χ1) is 8.11. The lowest BCUT2D eigenvalue weighted by atomic mass is 9.89. The van der Waals surface area contributed by atoms with E-state index in [9.17, 15) is 0 Å². The van der Waals surface area contributed by atoms with Crippen LogP contribution in [0.25, 0.3) is 0 Å². The van der Waals surface area contributed by atoms with Crippen molar-refractivity contribution in [2.45, 2.75) is 84.5 Å². The zero-order valence-corrected chi connectivity index (χ0v) is 12.2. The Morgan fingerprint density at radius 3 is 2.41 bits per heavy atom. The van der Waals surface area contributed by atoms with Crippen LogP contribution in [-0.4, -0.2) is 24.8 Å². The molecule has 1 aliphatic rings. The van der Waals surface area contributed by atoms with Crippen LogP contribution in [0.5, 0.6) is 0 Å². The minimum atomic E-state index is 0.354. The Morgan fingerprint density at radius 2 is 1.82 bits per heavy atom. The van der Waals surface area contributed by atoms with E-state index in [1.165, 1.54) is 38.5 Å². The van der Waals surface area contributed by atoms with Crippen molar-refractivity contribution >= 4 is 0 Å². The third-order valence-electron chi connectivity index (χ3n) is 3.86. The highest BCUT2D eigenvalue weighted by atomic mass is 16.5. The maximum Gasteiger partial charge on any atom is 0.0675 e. The minimum Gasteiger partial charge on any atom is -0.374 e. The van der Waals surface area contributed by atoms with Crippen LogP contribution in [0.1, 0.15) is 66.2 Å². The zero-order valence-electron chi connectivity index (χ0n) is 12.2. The first-order valence-corrected chi connectivity index (χ1v) is 7.50. The van der Waals surface area contributed by atoms with Crippen molar-refractivity contribution in [3.05, 3.63) is 0 Å². The van der Waals surface area contributed by atoms with Gasteiger partial charge in [-0.1, -0.05) is 20.3 Å². The second kappa shape index (κ2) is 8.10. The highest BCUT2D eigenvalue weighted by Crippen LogP contribution is 2.26. The molecule has 0 aromatic carbocycles. The lowest BCUT2D eigenvalue weighted by Gasteiger charge is -2.29. The molecule has 2 nitrogen and oxygen atoms in total.